The lowest BCUT2D eigenvalue weighted by Crippen LogP contribution is -2.10. The number of hydrogen-bond acceptors (Lipinski definition) is 8. The lowest BCUT2D eigenvalue weighted by atomic mass is 10.3. The van der Waals surface area contributed by atoms with Gasteiger partial charge in [0.2, 0.25) is 5.95 Å². The number of ether oxygens (including phenoxy) is 1. The second-order valence-corrected chi connectivity index (χ2v) is 6.16. The zero-order valence-corrected chi connectivity index (χ0v) is 12.9. The molecular formula is C12H16N4O2S2. The van der Waals surface area contributed by atoms with Crippen molar-refractivity contribution in [2.24, 2.45) is 5.84 Å². The molecule has 3 N–H and O–H groups in total. The predicted molar refractivity (Wildman–Crippen MR) is 82.0 cm³/mol. The highest BCUT2D eigenvalue weighted by Crippen LogP contribution is 2.32. The Balaban J connectivity index is 2.25. The second kappa shape index (κ2) is 6.87. The van der Waals surface area contributed by atoms with Gasteiger partial charge in [0.05, 0.1) is 13.5 Å². The molecule has 0 aliphatic carbocycles. The zero-order chi connectivity index (χ0) is 14.5. The Bertz CT molecular complexity index is 615. The van der Waals surface area contributed by atoms with E-state index >= 15 is 0 Å². The van der Waals surface area contributed by atoms with Gasteiger partial charge in [0.15, 0.2) is 0 Å². The molecule has 0 aliphatic rings. The van der Waals surface area contributed by atoms with Crippen LogP contribution in [-0.2, 0) is 16.0 Å². The van der Waals surface area contributed by atoms with E-state index in [1.807, 2.05) is 0 Å². The predicted octanol–water partition coefficient (Wildman–Crippen LogP) is 2.19. The highest BCUT2D eigenvalue weighted by atomic mass is 32.2. The number of esters is 1. The van der Waals surface area contributed by atoms with Crippen LogP contribution in [0, 0.1) is 0 Å². The lowest BCUT2D eigenvalue weighted by Gasteiger charge is -2.04. The number of carbonyl (C=O) groups excluding carboxylic acids is 1. The molecule has 0 radical (unpaired) electrons. The fourth-order valence-electron chi connectivity index (χ4n) is 1.63. The summed E-state index contributed by atoms with van der Waals surface area (Å²) in [5, 5.41) is 1.85. The quantitative estimate of drug-likeness (QED) is 0.278. The smallest absolute Gasteiger partial charge is 0.306 e. The first kappa shape index (κ1) is 15.0. The van der Waals surface area contributed by atoms with Crippen molar-refractivity contribution in [3.63, 3.8) is 0 Å². The van der Waals surface area contributed by atoms with Gasteiger partial charge in [0.25, 0.3) is 0 Å². The molecule has 2 heterocycles. The third-order valence-corrected chi connectivity index (χ3v) is 4.83. The molecule has 20 heavy (non-hydrogen) atoms. The fraction of sp³-hybridized carbons (Fsp3) is 0.417. The topological polar surface area (TPSA) is 90.1 Å². The molecule has 0 saturated carbocycles. The average molecular weight is 312 g/mol. The van der Waals surface area contributed by atoms with Gasteiger partial charge in [-0.25, -0.2) is 15.8 Å². The summed E-state index contributed by atoms with van der Waals surface area (Å²) in [6.45, 7) is 2.10. The van der Waals surface area contributed by atoms with Gasteiger partial charge in [0.1, 0.15) is 9.86 Å². The maximum absolute atomic E-state index is 11.1. The average Bonchev–Trinajstić information content (AvgIpc) is 2.89. The summed E-state index contributed by atoms with van der Waals surface area (Å²) >= 11 is 3.14. The lowest BCUT2D eigenvalue weighted by molar-refractivity contribution is -0.140. The molecule has 0 atom stereocenters. The number of thiophene rings is 1. The van der Waals surface area contributed by atoms with Gasteiger partial charge < -0.3 is 4.74 Å². The molecule has 8 heteroatoms. The second-order valence-electron chi connectivity index (χ2n) is 3.96. The maximum atomic E-state index is 11.1. The van der Waals surface area contributed by atoms with Crippen LogP contribution in [0.2, 0.25) is 0 Å². The van der Waals surface area contributed by atoms with Crippen molar-refractivity contribution < 1.29 is 9.53 Å². The summed E-state index contributed by atoms with van der Waals surface area (Å²) in [6.07, 6.45) is 1.31. The number of nitrogen functional groups attached to an aromatic ring is 1. The number of nitrogens with one attached hydrogen (secondary N) is 1. The molecule has 0 amide bonds. The molecule has 108 valence electrons. The third kappa shape index (κ3) is 3.38. The number of carbonyl (C=O) groups is 1. The molecule has 0 aromatic carbocycles. The van der Waals surface area contributed by atoms with E-state index in [0.717, 1.165) is 21.7 Å². The van der Waals surface area contributed by atoms with Crippen LogP contribution in [0.4, 0.5) is 5.95 Å². The van der Waals surface area contributed by atoms with Crippen molar-refractivity contribution in [3.05, 3.63) is 10.9 Å². The molecule has 0 saturated heterocycles. The number of fused-ring (bicyclic) bond motifs is 1. The Hall–Kier alpha value is -1.38. The largest absolute Gasteiger partial charge is 0.469 e. The summed E-state index contributed by atoms with van der Waals surface area (Å²) in [4.78, 5) is 22.0. The number of aromatic nitrogens is 2. The molecule has 2 aromatic heterocycles. The molecule has 2 rings (SSSR count). The minimum absolute atomic E-state index is 0.223. The number of nitrogens with two attached hydrogens (primary N) is 1. The molecule has 6 nitrogen and oxygen atoms in total. The first-order chi connectivity index (χ1) is 9.67. The van der Waals surface area contributed by atoms with Crippen LogP contribution < -0.4 is 11.3 Å². The SMILES string of the molecule is CCc1cc2c(SCCC(=O)OC)nc(NN)nc2s1. The van der Waals surface area contributed by atoms with Crippen molar-refractivity contribution in [1.29, 1.82) is 0 Å². The Morgan fingerprint density at radius 3 is 3.00 bits per heavy atom. The van der Waals surface area contributed by atoms with Crippen LogP contribution in [0.25, 0.3) is 10.2 Å². The number of hydrogen-bond donors (Lipinski definition) is 2. The number of thioether (sulfide) groups is 1. The van der Waals surface area contributed by atoms with E-state index in [0.29, 0.717) is 18.1 Å². The van der Waals surface area contributed by atoms with Crippen molar-refractivity contribution in [1.82, 2.24) is 9.97 Å². The maximum Gasteiger partial charge on any atom is 0.306 e. The summed E-state index contributed by atoms with van der Waals surface area (Å²) in [7, 11) is 1.39. The standard InChI is InChI=1S/C12H16N4O2S2/c1-3-7-6-8-10(19-5-4-9(17)18-2)14-12(16-13)15-11(8)20-7/h6H,3-5,13H2,1-2H3,(H,14,15,16). The summed E-state index contributed by atoms with van der Waals surface area (Å²) in [6, 6.07) is 2.10. The van der Waals surface area contributed by atoms with E-state index in [-0.39, 0.29) is 5.97 Å². The van der Waals surface area contributed by atoms with E-state index < -0.39 is 0 Å². The molecule has 0 spiro atoms. The monoisotopic (exact) mass is 312 g/mol. The van der Waals surface area contributed by atoms with Crippen LogP contribution in [-0.4, -0.2) is 28.8 Å². The minimum Gasteiger partial charge on any atom is -0.469 e. The van der Waals surface area contributed by atoms with Gasteiger partial charge in [-0.2, -0.15) is 0 Å². The fourth-order valence-corrected chi connectivity index (χ4v) is 3.58. The van der Waals surface area contributed by atoms with Crippen LogP contribution in [0.3, 0.4) is 0 Å². The van der Waals surface area contributed by atoms with Crippen molar-refractivity contribution >= 4 is 45.2 Å². The van der Waals surface area contributed by atoms with Gasteiger partial charge in [0, 0.05) is 16.0 Å². The number of nitrogens with zero attached hydrogens (tertiary/aromatic N) is 2. The summed E-state index contributed by atoms with van der Waals surface area (Å²) in [5.74, 6) is 6.17. The number of aryl methyl sites for hydroxylation is 1. The normalized spacial score (nSPS) is 10.8. The summed E-state index contributed by atoms with van der Waals surface area (Å²) < 4.78 is 4.63. The van der Waals surface area contributed by atoms with Crippen molar-refractivity contribution in [3.8, 4) is 0 Å². The number of methoxy groups -OCH3 is 1. The first-order valence-corrected chi connectivity index (χ1v) is 7.94. The Morgan fingerprint density at radius 1 is 1.55 bits per heavy atom. The van der Waals surface area contributed by atoms with Crippen LogP contribution in [0.5, 0.6) is 0 Å². The highest BCUT2D eigenvalue weighted by Gasteiger charge is 2.12. The zero-order valence-electron chi connectivity index (χ0n) is 11.3. The third-order valence-electron chi connectivity index (χ3n) is 2.66. The molecule has 0 fully saturated rings. The summed E-state index contributed by atoms with van der Waals surface area (Å²) in [5.41, 5.74) is 2.48. The van der Waals surface area contributed by atoms with Crippen LogP contribution >= 0.6 is 23.1 Å². The molecule has 0 bridgehead atoms. The van der Waals surface area contributed by atoms with Gasteiger partial charge in [-0.15, -0.1) is 23.1 Å². The molecule has 0 unspecified atom stereocenters. The highest BCUT2D eigenvalue weighted by molar-refractivity contribution is 7.99. The van der Waals surface area contributed by atoms with E-state index in [1.165, 1.54) is 23.7 Å². The van der Waals surface area contributed by atoms with Gasteiger partial charge >= 0.3 is 5.97 Å². The minimum atomic E-state index is -0.223. The Labute approximate surface area is 125 Å². The van der Waals surface area contributed by atoms with Crippen molar-refractivity contribution in [2.75, 3.05) is 18.3 Å². The van der Waals surface area contributed by atoms with E-state index in [1.54, 1.807) is 11.3 Å². The van der Waals surface area contributed by atoms with Gasteiger partial charge in [-0.3, -0.25) is 10.2 Å². The number of rotatable bonds is 6. The van der Waals surface area contributed by atoms with Crippen molar-refractivity contribution in [2.45, 2.75) is 24.8 Å². The van der Waals surface area contributed by atoms with E-state index in [9.17, 15) is 4.79 Å². The van der Waals surface area contributed by atoms with Crippen LogP contribution in [0.15, 0.2) is 11.1 Å². The first-order valence-electron chi connectivity index (χ1n) is 6.14. The molecular weight excluding hydrogens is 296 g/mol. The number of hydrazine groups is 1. The van der Waals surface area contributed by atoms with Gasteiger partial charge in [-0.05, 0) is 12.5 Å². The Morgan fingerprint density at radius 2 is 2.35 bits per heavy atom. The Kier molecular flexibility index (Phi) is 5.16. The van der Waals surface area contributed by atoms with E-state index in [4.69, 9.17) is 5.84 Å². The molecule has 2 aromatic rings. The van der Waals surface area contributed by atoms with Gasteiger partial charge in [-0.1, -0.05) is 6.92 Å². The molecule has 0 aliphatic heterocycles. The van der Waals surface area contributed by atoms with Crippen LogP contribution in [0.1, 0.15) is 18.2 Å². The number of anilines is 1. The van der Waals surface area contributed by atoms with E-state index in [2.05, 4.69) is 33.1 Å².